The van der Waals surface area contributed by atoms with E-state index in [-0.39, 0.29) is 5.56 Å². The highest BCUT2D eigenvalue weighted by molar-refractivity contribution is 7.22. The van der Waals surface area contributed by atoms with Gasteiger partial charge in [-0.1, -0.05) is 72.9 Å². The van der Waals surface area contributed by atoms with Crippen LogP contribution in [-0.4, -0.2) is 10.9 Å². The van der Waals surface area contributed by atoms with E-state index in [2.05, 4.69) is 13.0 Å². The van der Waals surface area contributed by atoms with Crippen LogP contribution in [-0.2, 0) is 13.0 Å². The number of hydrogen-bond acceptors (Lipinski definition) is 5. The zero-order chi connectivity index (χ0) is 22.1. The number of anilines is 1. The molecule has 32 heavy (non-hydrogen) atoms. The van der Waals surface area contributed by atoms with Gasteiger partial charge in [0, 0.05) is 5.39 Å². The van der Waals surface area contributed by atoms with Gasteiger partial charge in [0.15, 0.2) is 5.13 Å². The van der Waals surface area contributed by atoms with Gasteiger partial charge in [0.25, 0.3) is 5.91 Å². The number of hydrogen-bond donors (Lipinski definition) is 0. The molecule has 0 fully saturated rings. The summed E-state index contributed by atoms with van der Waals surface area (Å²) in [7, 11) is 0. The lowest BCUT2D eigenvalue weighted by Crippen LogP contribution is -2.33. The first-order chi connectivity index (χ1) is 15.6. The third-order valence-electron chi connectivity index (χ3n) is 5.38. The number of carbonyl (C=O) groups excluding carboxylic acids is 1. The summed E-state index contributed by atoms with van der Waals surface area (Å²) in [5, 5.41) is 1.25. The molecule has 5 rings (SSSR count). The minimum absolute atomic E-state index is 0.00636. The van der Waals surface area contributed by atoms with Crippen LogP contribution in [0, 0.1) is 0 Å². The number of benzene rings is 3. The van der Waals surface area contributed by atoms with Crippen molar-refractivity contribution in [3.8, 4) is 0 Å². The van der Waals surface area contributed by atoms with E-state index >= 15 is 0 Å². The predicted octanol–water partition coefficient (Wildman–Crippen LogP) is 5.81. The van der Waals surface area contributed by atoms with E-state index < -0.39 is 11.5 Å². The smallest absolute Gasteiger partial charge is 0.349 e. The SMILES string of the molecule is CCc1ccc2nc(N(Cc3ccccc3)C(=O)c3cc4ccccc4oc3=O)sc2c1. The number of para-hydroxylation sites is 1. The fraction of sp³-hybridized carbons (Fsp3) is 0.115. The third kappa shape index (κ3) is 3.81. The van der Waals surface area contributed by atoms with E-state index in [1.165, 1.54) is 16.9 Å². The minimum atomic E-state index is -0.652. The normalized spacial score (nSPS) is 11.2. The number of nitrogens with zero attached hydrogens (tertiary/aromatic N) is 2. The van der Waals surface area contributed by atoms with E-state index in [4.69, 9.17) is 9.40 Å². The highest BCUT2D eigenvalue weighted by Gasteiger charge is 2.25. The molecule has 0 aliphatic heterocycles. The van der Waals surface area contributed by atoms with Gasteiger partial charge in [-0.2, -0.15) is 0 Å². The maximum absolute atomic E-state index is 13.6. The largest absolute Gasteiger partial charge is 0.422 e. The quantitative estimate of drug-likeness (QED) is 0.324. The maximum Gasteiger partial charge on any atom is 0.349 e. The first-order valence-corrected chi connectivity index (χ1v) is 11.2. The number of aromatic nitrogens is 1. The van der Waals surface area contributed by atoms with Crippen LogP contribution in [0.3, 0.4) is 0 Å². The third-order valence-corrected chi connectivity index (χ3v) is 6.42. The Morgan fingerprint density at radius 3 is 2.56 bits per heavy atom. The zero-order valence-corrected chi connectivity index (χ0v) is 18.3. The topological polar surface area (TPSA) is 63.4 Å². The molecule has 5 aromatic rings. The van der Waals surface area contributed by atoms with Crippen molar-refractivity contribution in [1.29, 1.82) is 0 Å². The first kappa shape index (κ1) is 20.2. The Hall–Kier alpha value is -3.77. The van der Waals surface area contributed by atoms with Crippen LogP contribution in [0.15, 0.2) is 88.1 Å². The molecular formula is C26H20N2O3S. The molecule has 1 amide bonds. The second-order valence-electron chi connectivity index (χ2n) is 7.51. The van der Waals surface area contributed by atoms with Gasteiger partial charge in [0.1, 0.15) is 11.1 Å². The van der Waals surface area contributed by atoms with Crippen LogP contribution < -0.4 is 10.5 Å². The zero-order valence-electron chi connectivity index (χ0n) is 17.4. The summed E-state index contributed by atoms with van der Waals surface area (Å²) < 4.78 is 6.43. The van der Waals surface area contributed by atoms with Crippen LogP contribution in [0.4, 0.5) is 5.13 Å². The molecular weight excluding hydrogens is 420 g/mol. The number of aryl methyl sites for hydroxylation is 1. The van der Waals surface area contributed by atoms with Crippen molar-refractivity contribution in [2.75, 3.05) is 4.90 Å². The molecule has 0 bridgehead atoms. The van der Waals surface area contributed by atoms with Gasteiger partial charge >= 0.3 is 5.63 Å². The van der Waals surface area contributed by atoms with Crippen LogP contribution in [0.5, 0.6) is 0 Å². The maximum atomic E-state index is 13.6. The lowest BCUT2D eigenvalue weighted by Gasteiger charge is -2.19. The fourth-order valence-electron chi connectivity index (χ4n) is 3.64. The van der Waals surface area contributed by atoms with Gasteiger partial charge in [-0.25, -0.2) is 9.78 Å². The van der Waals surface area contributed by atoms with Crippen molar-refractivity contribution < 1.29 is 9.21 Å². The predicted molar refractivity (Wildman–Crippen MR) is 128 cm³/mol. The van der Waals surface area contributed by atoms with E-state index in [0.29, 0.717) is 22.6 Å². The molecule has 0 radical (unpaired) electrons. The van der Waals surface area contributed by atoms with Crippen LogP contribution in [0.25, 0.3) is 21.2 Å². The molecule has 2 heterocycles. The number of fused-ring (bicyclic) bond motifs is 2. The Morgan fingerprint density at radius 1 is 0.969 bits per heavy atom. The molecule has 0 spiro atoms. The Morgan fingerprint density at radius 2 is 1.75 bits per heavy atom. The lowest BCUT2D eigenvalue weighted by atomic mass is 10.1. The summed E-state index contributed by atoms with van der Waals surface area (Å²) in [6.07, 6.45) is 0.925. The van der Waals surface area contributed by atoms with Crippen molar-refractivity contribution >= 4 is 43.6 Å². The van der Waals surface area contributed by atoms with Gasteiger partial charge in [0.05, 0.1) is 16.8 Å². The molecule has 0 saturated carbocycles. The first-order valence-electron chi connectivity index (χ1n) is 10.4. The summed E-state index contributed by atoms with van der Waals surface area (Å²) in [6, 6.07) is 24.6. The molecule has 0 unspecified atom stereocenters. The van der Waals surface area contributed by atoms with Crippen LogP contribution in [0.1, 0.15) is 28.4 Å². The molecule has 0 aliphatic carbocycles. The second kappa shape index (κ2) is 8.40. The summed E-state index contributed by atoms with van der Waals surface area (Å²) in [5.41, 5.74) is 2.78. The monoisotopic (exact) mass is 440 g/mol. The molecule has 0 atom stereocenters. The van der Waals surface area contributed by atoms with E-state index in [1.54, 1.807) is 23.1 Å². The van der Waals surface area contributed by atoms with Gasteiger partial charge < -0.3 is 4.42 Å². The number of thiazole rings is 1. The molecule has 2 aromatic heterocycles. The van der Waals surface area contributed by atoms with Gasteiger partial charge in [0.2, 0.25) is 0 Å². The van der Waals surface area contributed by atoms with Crippen molar-refractivity contribution in [2.45, 2.75) is 19.9 Å². The molecule has 6 heteroatoms. The van der Waals surface area contributed by atoms with Gasteiger partial charge in [-0.15, -0.1) is 0 Å². The average Bonchev–Trinajstić information content (AvgIpc) is 3.25. The van der Waals surface area contributed by atoms with Gasteiger partial charge in [-0.05, 0) is 41.8 Å². The Bertz CT molecular complexity index is 1490. The standard InChI is InChI=1S/C26H20N2O3S/c1-2-17-12-13-21-23(14-17)32-26(27-21)28(16-18-8-4-3-5-9-18)24(29)20-15-19-10-6-7-11-22(19)31-25(20)30/h3-15H,2,16H2,1H3. The van der Waals surface area contributed by atoms with Crippen LogP contribution >= 0.6 is 11.3 Å². The fourth-order valence-corrected chi connectivity index (χ4v) is 4.67. The second-order valence-corrected chi connectivity index (χ2v) is 8.52. The Labute approximate surface area is 188 Å². The van der Waals surface area contributed by atoms with E-state index in [9.17, 15) is 9.59 Å². The Kier molecular flexibility index (Phi) is 5.29. The molecule has 0 N–H and O–H groups in total. The molecule has 3 aromatic carbocycles. The van der Waals surface area contributed by atoms with E-state index in [1.807, 2.05) is 54.6 Å². The highest BCUT2D eigenvalue weighted by Crippen LogP contribution is 2.31. The summed E-state index contributed by atoms with van der Waals surface area (Å²) in [6.45, 7) is 2.40. The van der Waals surface area contributed by atoms with Gasteiger partial charge in [-0.3, -0.25) is 9.69 Å². The number of carbonyl (C=O) groups is 1. The molecule has 0 saturated heterocycles. The molecule has 0 aliphatic rings. The average molecular weight is 441 g/mol. The minimum Gasteiger partial charge on any atom is -0.422 e. The summed E-state index contributed by atoms with van der Waals surface area (Å²) in [5.74, 6) is -0.428. The lowest BCUT2D eigenvalue weighted by molar-refractivity contribution is 0.0981. The van der Waals surface area contributed by atoms with E-state index in [0.717, 1.165) is 22.2 Å². The Balaban J connectivity index is 1.62. The number of rotatable bonds is 5. The molecule has 5 nitrogen and oxygen atoms in total. The van der Waals surface area contributed by atoms with Crippen molar-refractivity contribution in [3.63, 3.8) is 0 Å². The summed E-state index contributed by atoms with van der Waals surface area (Å²) >= 11 is 1.45. The van der Waals surface area contributed by atoms with Crippen molar-refractivity contribution in [3.05, 3.63) is 106 Å². The highest BCUT2D eigenvalue weighted by atomic mass is 32.1. The van der Waals surface area contributed by atoms with Crippen LogP contribution in [0.2, 0.25) is 0 Å². The summed E-state index contributed by atoms with van der Waals surface area (Å²) in [4.78, 5) is 32.6. The van der Waals surface area contributed by atoms with Crippen molar-refractivity contribution in [2.24, 2.45) is 0 Å². The molecule has 158 valence electrons. The van der Waals surface area contributed by atoms with Crippen molar-refractivity contribution in [1.82, 2.24) is 4.98 Å². The number of amides is 1.